The van der Waals surface area contributed by atoms with Crippen LogP contribution in [0, 0.1) is 0 Å². The van der Waals surface area contributed by atoms with Crippen molar-refractivity contribution >= 4 is 5.91 Å². The Morgan fingerprint density at radius 1 is 1.37 bits per heavy atom. The maximum atomic E-state index is 11.9. The maximum Gasteiger partial charge on any atom is 0.223 e. The molecule has 0 fully saturated rings. The molecule has 3 N–H and O–H groups in total. The van der Waals surface area contributed by atoms with Crippen molar-refractivity contribution in [2.75, 3.05) is 6.61 Å². The molecule has 0 bridgehead atoms. The standard InChI is InChI=1S/C15H23NO3/c1-3-15(2,9-10-17)16-14(19)11-13(18)12-7-5-4-6-8-12/h4-8,13,17-18H,3,9-11H2,1-2H3,(H,16,19). The molecule has 0 aliphatic carbocycles. The first kappa shape index (κ1) is 15.7. The lowest BCUT2D eigenvalue weighted by Gasteiger charge is -2.29. The van der Waals surface area contributed by atoms with Crippen LogP contribution in [0.25, 0.3) is 0 Å². The summed E-state index contributed by atoms with van der Waals surface area (Å²) in [6.07, 6.45) is 0.485. The summed E-state index contributed by atoms with van der Waals surface area (Å²) in [5.74, 6) is -0.200. The molecule has 2 atom stereocenters. The van der Waals surface area contributed by atoms with E-state index >= 15 is 0 Å². The first-order valence-corrected chi connectivity index (χ1v) is 6.65. The highest BCUT2D eigenvalue weighted by Crippen LogP contribution is 2.18. The average molecular weight is 265 g/mol. The molecule has 1 rings (SSSR count). The van der Waals surface area contributed by atoms with E-state index in [0.717, 1.165) is 12.0 Å². The van der Waals surface area contributed by atoms with E-state index < -0.39 is 11.6 Å². The molecule has 19 heavy (non-hydrogen) atoms. The summed E-state index contributed by atoms with van der Waals surface area (Å²) in [7, 11) is 0. The van der Waals surface area contributed by atoms with Crippen LogP contribution in [0.1, 0.15) is 44.8 Å². The van der Waals surface area contributed by atoms with Crippen molar-refractivity contribution in [1.29, 1.82) is 0 Å². The molecule has 0 aliphatic rings. The highest BCUT2D eigenvalue weighted by atomic mass is 16.3. The Morgan fingerprint density at radius 3 is 2.53 bits per heavy atom. The Hall–Kier alpha value is -1.39. The van der Waals surface area contributed by atoms with Gasteiger partial charge in [-0.3, -0.25) is 4.79 Å². The molecular weight excluding hydrogens is 242 g/mol. The lowest BCUT2D eigenvalue weighted by molar-refractivity contribution is -0.125. The summed E-state index contributed by atoms with van der Waals surface area (Å²) in [5.41, 5.74) is 0.320. The van der Waals surface area contributed by atoms with Crippen LogP contribution in [0.4, 0.5) is 0 Å². The number of aliphatic hydroxyl groups excluding tert-OH is 2. The molecule has 0 heterocycles. The van der Waals surface area contributed by atoms with Crippen LogP contribution in [-0.4, -0.2) is 28.3 Å². The van der Waals surface area contributed by atoms with Crippen molar-refractivity contribution in [3.8, 4) is 0 Å². The SMILES string of the molecule is CCC(C)(CCO)NC(=O)CC(O)c1ccccc1. The highest BCUT2D eigenvalue weighted by molar-refractivity contribution is 5.77. The van der Waals surface area contributed by atoms with E-state index in [1.807, 2.05) is 32.0 Å². The molecule has 106 valence electrons. The van der Waals surface area contributed by atoms with Crippen LogP contribution in [0.5, 0.6) is 0 Å². The minimum atomic E-state index is -0.795. The first-order chi connectivity index (χ1) is 9.00. The predicted octanol–water partition coefficient (Wildman–Crippen LogP) is 1.78. The highest BCUT2D eigenvalue weighted by Gasteiger charge is 2.24. The number of carbonyl (C=O) groups excluding carboxylic acids is 1. The minimum absolute atomic E-state index is 0.0328. The topological polar surface area (TPSA) is 69.6 Å². The zero-order valence-corrected chi connectivity index (χ0v) is 11.6. The molecule has 1 aromatic rings. The number of rotatable bonds is 7. The molecular formula is C15H23NO3. The van der Waals surface area contributed by atoms with Crippen molar-refractivity contribution in [1.82, 2.24) is 5.32 Å². The molecule has 0 spiro atoms. The van der Waals surface area contributed by atoms with Crippen molar-refractivity contribution in [3.05, 3.63) is 35.9 Å². The molecule has 1 amide bonds. The molecule has 0 saturated heterocycles. The number of aliphatic hydroxyl groups is 2. The van der Waals surface area contributed by atoms with Gasteiger partial charge in [-0.05, 0) is 25.3 Å². The Kier molecular flexibility index (Phi) is 5.99. The van der Waals surface area contributed by atoms with Crippen LogP contribution in [0.2, 0.25) is 0 Å². The summed E-state index contributed by atoms with van der Waals surface area (Å²) in [4.78, 5) is 11.9. The van der Waals surface area contributed by atoms with Crippen LogP contribution in [0.3, 0.4) is 0 Å². The van der Waals surface area contributed by atoms with Gasteiger partial charge >= 0.3 is 0 Å². The fourth-order valence-corrected chi connectivity index (χ4v) is 1.93. The summed E-state index contributed by atoms with van der Waals surface area (Å²) in [6.45, 7) is 3.89. The Balaban J connectivity index is 2.55. The second kappa shape index (κ2) is 7.26. The van der Waals surface area contributed by atoms with Gasteiger partial charge in [0.15, 0.2) is 0 Å². The zero-order valence-electron chi connectivity index (χ0n) is 11.6. The van der Waals surface area contributed by atoms with E-state index in [0.29, 0.717) is 6.42 Å². The first-order valence-electron chi connectivity index (χ1n) is 6.65. The number of hydrogen-bond acceptors (Lipinski definition) is 3. The van der Waals surface area contributed by atoms with E-state index in [2.05, 4.69) is 5.32 Å². The summed E-state index contributed by atoms with van der Waals surface area (Å²) < 4.78 is 0. The monoisotopic (exact) mass is 265 g/mol. The number of benzene rings is 1. The third-order valence-corrected chi connectivity index (χ3v) is 3.45. The molecule has 0 saturated carbocycles. The second-order valence-electron chi connectivity index (χ2n) is 5.07. The molecule has 0 radical (unpaired) electrons. The van der Waals surface area contributed by atoms with Crippen LogP contribution < -0.4 is 5.32 Å². The Morgan fingerprint density at radius 2 is 2.00 bits per heavy atom. The molecule has 4 nitrogen and oxygen atoms in total. The lowest BCUT2D eigenvalue weighted by atomic mass is 9.94. The van der Waals surface area contributed by atoms with Crippen LogP contribution in [0.15, 0.2) is 30.3 Å². The zero-order chi connectivity index (χ0) is 14.3. The maximum absolute atomic E-state index is 11.9. The smallest absolute Gasteiger partial charge is 0.223 e. The second-order valence-corrected chi connectivity index (χ2v) is 5.07. The number of carbonyl (C=O) groups is 1. The van der Waals surface area contributed by atoms with Gasteiger partial charge in [-0.25, -0.2) is 0 Å². The molecule has 0 aromatic heterocycles. The summed E-state index contributed by atoms with van der Waals surface area (Å²) >= 11 is 0. The van der Waals surface area contributed by atoms with Crippen LogP contribution in [-0.2, 0) is 4.79 Å². The van der Waals surface area contributed by atoms with Crippen molar-refractivity contribution in [2.24, 2.45) is 0 Å². The fraction of sp³-hybridized carbons (Fsp3) is 0.533. The molecule has 4 heteroatoms. The Bertz CT molecular complexity index is 394. The van der Waals surface area contributed by atoms with Crippen LogP contribution >= 0.6 is 0 Å². The van der Waals surface area contributed by atoms with E-state index in [-0.39, 0.29) is 18.9 Å². The van der Waals surface area contributed by atoms with Gasteiger partial charge in [0.25, 0.3) is 0 Å². The Labute approximate surface area is 114 Å². The van der Waals surface area contributed by atoms with Gasteiger partial charge < -0.3 is 15.5 Å². The molecule has 0 aliphatic heterocycles. The van der Waals surface area contributed by atoms with E-state index in [1.54, 1.807) is 12.1 Å². The predicted molar refractivity (Wildman–Crippen MR) is 74.6 cm³/mol. The van der Waals surface area contributed by atoms with Gasteiger partial charge in [0.05, 0.1) is 12.5 Å². The van der Waals surface area contributed by atoms with E-state index in [1.165, 1.54) is 0 Å². The van der Waals surface area contributed by atoms with Gasteiger partial charge in [0, 0.05) is 12.1 Å². The minimum Gasteiger partial charge on any atom is -0.396 e. The third kappa shape index (κ3) is 5.01. The van der Waals surface area contributed by atoms with Gasteiger partial charge in [0.2, 0.25) is 5.91 Å². The summed E-state index contributed by atoms with van der Waals surface area (Å²) in [5, 5.41) is 21.9. The van der Waals surface area contributed by atoms with E-state index in [4.69, 9.17) is 5.11 Å². The van der Waals surface area contributed by atoms with Gasteiger partial charge in [-0.15, -0.1) is 0 Å². The van der Waals surface area contributed by atoms with Gasteiger partial charge in [-0.1, -0.05) is 37.3 Å². The van der Waals surface area contributed by atoms with E-state index in [9.17, 15) is 9.90 Å². The van der Waals surface area contributed by atoms with Crippen molar-refractivity contribution in [3.63, 3.8) is 0 Å². The number of amides is 1. The third-order valence-electron chi connectivity index (χ3n) is 3.45. The van der Waals surface area contributed by atoms with Gasteiger partial charge in [0.1, 0.15) is 0 Å². The quantitative estimate of drug-likeness (QED) is 0.704. The normalized spacial score (nSPS) is 15.6. The van der Waals surface area contributed by atoms with Gasteiger partial charge in [-0.2, -0.15) is 0 Å². The largest absolute Gasteiger partial charge is 0.396 e. The average Bonchev–Trinajstić information content (AvgIpc) is 2.39. The van der Waals surface area contributed by atoms with Crippen molar-refractivity contribution < 1.29 is 15.0 Å². The fourth-order valence-electron chi connectivity index (χ4n) is 1.93. The molecule has 2 unspecified atom stereocenters. The summed E-state index contributed by atoms with van der Waals surface area (Å²) in [6, 6.07) is 9.12. The lowest BCUT2D eigenvalue weighted by Crippen LogP contribution is -2.46. The number of nitrogens with one attached hydrogen (secondary N) is 1. The van der Waals surface area contributed by atoms with Crippen molar-refractivity contribution in [2.45, 2.75) is 44.8 Å². The number of hydrogen-bond donors (Lipinski definition) is 3. The molecule has 1 aromatic carbocycles.